The van der Waals surface area contributed by atoms with Gasteiger partial charge in [-0.05, 0) is 49.6 Å². The Kier molecular flexibility index (Phi) is 8.28. The molecule has 0 spiro atoms. The molecule has 2 atom stereocenters. The van der Waals surface area contributed by atoms with Crippen LogP contribution >= 0.6 is 0 Å². The van der Waals surface area contributed by atoms with Gasteiger partial charge in [0.25, 0.3) is 5.91 Å². The molecule has 1 heterocycles. The van der Waals surface area contributed by atoms with Crippen LogP contribution in [0.1, 0.15) is 53.9 Å². The molecule has 2 aromatic rings. The molecule has 8 nitrogen and oxygen atoms in total. The van der Waals surface area contributed by atoms with Gasteiger partial charge in [0.1, 0.15) is 18.5 Å². The SMILES string of the molecule is COc1ccnc(C(=O)NCC(=O)OC(C)C(C)c2c(C)cc(F)cc2C)c1OC(C)=O. The fourth-order valence-corrected chi connectivity index (χ4v) is 3.46. The lowest BCUT2D eigenvalue weighted by molar-refractivity contribution is -0.147. The molecule has 0 aliphatic rings. The molecule has 172 valence electrons. The zero-order chi connectivity index (χ0) is 24.0. The van der Waals surface area contributed by atoms with Gasteiger partial charge < -0.3 is 19.5 Å². The molecule has 1 aromatic heterocycles. The van der Waals surface area contributed by atoms with Crippen molar-refractivity contribution in [3.8, 4) is 11.5 Å². The standard InChI is InChI=1S/C23H27FN2O6/c1-12-9-17(24)10-13(2)20(12)14(3)15(4)31-19(28)11-26-23(29)21-22(32-16(5)27)18(30-6)7-8-25-21/h7-10,14-15H,11H2,1-6H3,(H,26,29). The van der Waals surface area contributed by atoms with E-state index in [4.69, 9.17) is 14.2 Å². The van der Waals surface area contributed by atoms with Crippen molar-refractivity contribution in [1.82, 2.24) is 10.3 Å². The highest BCUT2D eigenvalue weighted by atomic mass is 19.1. The van der Waals surface area contributed by atoms with Crippen LogP contribution in [0.2, 0.25) is 0 Å². The van der Waals surface area contributed by atoms with Crippen LogP contribution in [0.25, 0.3) is 0 Å². The van der Waals surface area contributed by atoms with Crippen molar-refractivity contribution in [2.75, 3.05) is 13.7 Å². The first kappa shape index (κ1) is 24.8. The van der Waals surface area contributed by atoms with Crippen LogP contribution in [0.5, 0.6) is 11.5 Å². The number of hydrogen-bond donors (Lipinski definition) is 1. The number of ether oxygens (including phenoxy) is 3. The van der Waals surface area contributed by atoms with E-state index in [2.05, 4.69) is 10.3 Å². The van der Waals surface area contributed by atoms with Crippen LogP contribution < -0.4 is 14.8 Å². The zero-order valence-electron chi connectivity index (χ0n) is 18.9. The number of methoxy groups -OCH3 is 1. The predicted octanol–water partition coefficient (Wildman–Crippen LogP) is 3.24. The normalized spacial score (nSPS) is 12.5. The maximum atomic E-state index is 13.6. The summed E-state index contributed by atoms with van der Waals surface area (Å²) >= 11 is 0. The molecule has 1 aromatic carbocycles. The van der Waals surface area contributed by atoms with Crippen molar-refractivity contribution in [2.24, 2.45) is 0 Å². The van der Waals surface area contributed by atoms with E-state index >= 15 is 0 Å². The average Bonchev–Trinajstić information content (AvgIpc) is 2.70. The summed E-state index contributed by atoms with van der Waals surface area (Å²) in [5, 5.41) is 2.41. The van der Waals surface area contributed by atoms with Crippen molar-refractivity contribution in [2.45, 2.75) is 46.6 Å². The van der Waals surface area contributed by atoms with E-state index in [1.165, 1.54) is 38.4 Å². The van der Waals surface area contributed by atoms with Gasteiger partial charge in [-0.1, -0.05) is 6.92 Å². The quantitative estimate of drug-likeness (QED) is 0.621. The summed E-state index contributed by atoms with van der Waals surface area (Å²) in [6.07, 6.45) is 0.796. The Hall–Kier alpha value is -3.49. The number of carbonyl (C=O) groups excluding carboxylic acids is 3. The molecule has 9 heteroatoms. The van der Waals surface area contributed by atoms with Gasteiger partial charge >= 0.3 is 11.9 Å². The van der Waals surface area contributed by atoms with Crippen molar-refractivity contribution in [1.29, 1.82) is 0 Å². The van der Waals surface area contributed by atoms with Crippen LogP contribution in [0, 0.1) is 19.7 Å². The van der Waals surface area contributed by atoms with Crippen LogP contribution in [-0.2, 0) is 14.3 Å². The number of amides is 1. The second-order valence-corrected chi connectivity index (χ2v) is 7.40. The maximum absolute atomic E-state index is 13.6. The van der Waals surface area contributed by atoms with Crippen molar-refractivity contribution in [3.05, 3.63) is 52.6 Å². The third kappa shape index (κ3) is 6.03. The third-order valence-corrected chi connectivity index (χ3v) is 4.98. The highest BCUT2D eigenvalue weighted by molar-refractivity contribution is 5.98. The molecule has 0 saturated heterocycles. The number of rotatable bonds is 8. The van der Waals surface area contributed by atoms with Crippen LogP contribution in [-0.4, -0.2) is 42.6 Å². The first-order chi connectivity index (χ1) is 15.0. The van der Waals surface area contributed by atoms with E-state index in [0.29, 0.717) is 0 Å². The van der Waals surface area contributed by atoms with Gasteiger partial charge in [-0.15, -0.1) is 0 Å². The predicted molar refractivity (Wildman–Crippen MR) is 114 cm³/mol. The first-order valence-corrected chi connectivity index (χ1v) is 10.0. The highest BCUT2D eigenvalue weighted by Crippen LogP contribution is 2.30. The lowest BCUT2D eigenvalue weighted by atomic mass is 9.88. The fraction of sp³-hybridized carbons (Fsp3) is 0.391. The summed E-state index contributed by atoms with van der Waals surface area (Å²) in [7, 11) is 1.36. The number of aromatic nitrogens is 1. The third-order valence-electron chi connectivity index (χ3n) is 4.98. The molecule has 0 radical (unpaired) electrons. The van der Waals surface area contributed by atoms with Crippen LogP contribution in [0.4, 0.5) is 4.39 Å². The topological polar surface area (TPSA) is 104 Å². The number of hydrogen-bond acceptors (Lipinski definition) is 7. The Balaban J connectivity index is 2.04. The molecule has 32 heavy (non-hydrogen) atoms. The van der Waals surface area contributed by atoms with Crippen molar-refractivity contribution < 1.29 is 33.0 Å². The number of aryl methyl sites for hydroxylation is 2. The van der Waals surface area contributed by atoms with E-state index in [-0.39, 0.29) is 28.9 Å². The smallest absolute Gasteiger partial charge is 0.325 e. The summed E-state index contributed by atoms with van der Waals surface area (Å²) in [5.41, 5.74) is 2.25. The van der Waals surface area contributed by atoms with Crippen molar-refractivity contribution in [3.63, 3.8) is 0 Å². The molecule has 0 aliphatic heterocycles. The minimum atomic E-state index is -0.733. The Labute approximate surface area is 186 Å². The number of esters is 2. The Bertz CT molecular complexity index is 1000. The molecular formula is C23H27FN2O6. The fourth-order valence-electron chi connectivity index (χ4n) is 3.46. The number of carbonyl (C=O) groups is 3. The van der Waals surface area contributed by atoms with E-state index in [1.807, 2.05) is 6.92 Å². The van der Waals surface area contributed by atoms with Gasteiger partial charge in [-0.25, -0.2) is 9.37 Å². The molecule has 1 N–H and O–H groups in total. The average molecular weight is 446 g/mol. The zero-order valence-corrected chi connectivity index (χ0v) is 18.9. The minimum absolute atomic E-state index is 0.141. The van der Waals surface area contributed by atoms with E-state index in [9.17, 15) is 18.8 Å². The van der Waals surface area contributed by atoms with Gasteiger partial charge in [0.15, 0.2) is 11.4 Å². The first-order valence-electron chi connectivity index (χ1n) is 10.0. The molecule has 0 bridgehead atoms. The summed E-state index contributed by atoms with van der Waals surface area (Å²) in [6, 6.07) is 4.32. The minimum Gasteiger partial charge on any atom is -0.493 e. The molecule has 1 amide bonds. The number of nitrogens with one attached hydrogen (secondary N) is 1. The Morgan fingerprint density at radius 3 is 2.34 bits per heavy atom. The van der Waals surface area contributed by atoms with Gasteiger partial charge in [0.05, 0.1) is 7.11 Å². The Morgan fingerprint density at radius 2 is 1.78 bits per heavy atom. The van der Waals surface area contributed by atoms with Gasteiger partial charge in [0, 0.05) is 25.1 Å². The molecule has 0 fully saturated rings. The summed E-state index contributed by atoms with van der Waals surface area (Å²) in [5.74, 6) is -2.55. The van der Waals surface area contributed by atoms with Crippen molar-refractivity contribution >= 4 is 17.8 Å². The molecule has 0 saturated carbocycles. The second kappa shape index (κ2) is 10.7. The Morgan fingerprint density at radius 1 is 1.16 bits per heavy atom. The summed E-state index contributed by atoms with van der Waals surface area (Å²) < 4.78 is 29.2. The van der Waals surface area contributed by atoms with E-state index in [0.717, 1.165) is 16.7 Å². The van der Waals surface area contributed by atoms with Gasteiger partial charge in [-0.2, -0.15) is 0 Å². The summed E-state index contributed by atoms with van der Waals surface area (Å²) in [4.78, 5) is 40.1. The number of benzene rings is 1. The monoisotopic (exact) mass is 446 g/mol. The summed E-state index contributed by atoms with van der Waals surface area (Å²) in [6.45, 7) is 7.98. The van der Waals surface area contributed by atoms with E-state index < -0.39 is 30.5 Å². The largest absolute Gasteiger partial charge is 0.493 e. The maximum Gasteiger partial charge on any atom is 0.325 e. The second-order valence-electron chi connectivity index (χ2n) is 7.40. The highest BCUT2D eigenvalue weighted by Gasteiger charge is 2.24. The van der Waals surface area contributed by atoms with Crippen LogP contribution in [0.15, 0.2) is 24.4 Å². The lowest BCUT2D eigenvalue weighted by Gasteiger charge is -2.24. The lowest BCUT2D eigenvalue weighted by Crippen LogP contribution is -2.34. The van der Waals surface area contributed by atoms with Gasteiger partial charge in [-0.3, -0.25) is 14.4 Å². The molecule has 0 aliphatic carbocycles. The van der Waals surface area contributed by atoms with Gasteiger partial charge in [0.2, 0.25) is 5.75 Å². The molecular weight excluding hydrogens is 419 g/mol. The van der Waals surface area contributed by atoms with E-state index in [1.54, 1.807) is 20.8 Å². The number of halogens is 1. The molecule has 2 unspecified atom stereocenters. The number of nitrogens with zero attached hydrogens (tertiary/aromatic N) is 1. The number of pyridine rings is 1. The van der Waals surface area contributed by atoms with Crippen LogP contribution in [0.3, 0.4) is 0 Å². The molecule has 2 rings (SSSR count).